The van der Waals surface area contributed by atoms with E-state index in [4.69, 9.17) is 0 Å². The standard InChI is InChI=1S/C18H21NO2/c1-12-7-8-13(2)19(11-12)18(21)16-10-9-14-5-3-4-6-15(14)17(16)20/h3-6,9-10,12-13,20H,7-8,11H2,1-2H3. The number of fused-ring (bicyclic) bond motifs is 1. The van der Waals surface area contributed by atoms with Crippen molar-refractivity contribution in [2.24, 2.45) is 5.92 Å². The van der Waals surface area contributed by atoms with Crippen LogP contribution >= 0.6 is 0 Å². The van der Waals surface area contributed by atoms with Gasteiger partial charge < -0.3 is 10.0 Å². The van der Waals surface area contributed by atoms with Crippen LogP contribution in [0.5, 0.6) is 5.75 Å². The number of carbonyl (C=O) groups is 1. The molecule has 2 aromatic rings. The highest BCUT2D eigenvalue weighted by molar-refractivity contribution is 6.03. The fourth-order valence-corrected chi connectivity index (χ4v) is 3.15. The van der Waals surface area contributed by atoms with Crippen LogP contribution in [0.25, 0.3) is 10.8 Å². The van der Waals surface area contributed by atoms with Crippen LogP contribution in [0.1, 0.15) is 37.0 Å². The predicted molar refractivity (Wildman–Crippen MR) is 84.5 cm³/mol. The highest BCUT2D eigenvalue weighted by atomic mass is 16.3. The van der Waals surface area contributed by atoms with Crippen LogP contribution in [0.4, 0.5) is 0 Å². The van der Waals surface area contributed by atoms with Gasteiger partial charge in [0.05, 0.1) is 5.56 Å². The van der Waals surface area contributed by atoms with Crippen molar-refractivity contribution in [2.75, 3.05) is 6.54 Å². The molecule has 2 atom stereocenters. The van der Waals surface area contributed by atoms with Gasteiger partial charge in [0, 0.05) is 18.0 Å². The highest BCUT2D eigenvalue weighted by Gasteiger charge is 2.29. The van der Waals surface area contributed by atoms with Gasteiger partial charge in [0.2, 0.25) is 0 Å². The van der Waals surface area contributed by atoms with Gasteiger partial charge in [-0.3, -0.25) is 4.79 Å². The van der Waals surface area contributed by atoms with Crippen LogP contribution in [0.3, 0.4) is 0 Å². The molecule has 0 aromatic heterocycles. The van der Waals surface area contributed by atoms with Gasteiger partial charge in [-0.15, -0.1) is 0 Å². The molecule has 110 valence electrons. The van der Waals surface area contributed by atoms with Crippen LogP contribution in [0, 0.1) is 5.92 Å². The Labute approximate surface area is 125 Å². The zero-order valence-electron chi connectivity index (χ0n) is 12.5. The molecule has 21 heavy (non-hydrogen) atoms. The number of phenols is 1. The summed E-state index contributed by atoms with van der Waals surface area (Å²) in [5, 5.41) is 12.1. The molecule has 0 radical (unpaired) electrons. The first-order chi connectivity index (χ1) is 10.1. The Bertz CT molecular complexity index is 680. The average molecular weight is 283 g/mol. The molecule has 1 heterocycles. The molecule has 1 aliphatic heterocycles. The van der Waals surface area contributed by atoms with E-state index >= 15 is 0 Å². The molecule has 3 nitrogen and oxygen atoms in total. The van der Waals surface area contributed by atoms with Crippen LogP contribution in [-0.4, -0.2) is 28.5 Å². The van der Waals surface area contributed by atoms with Crippen LogP contribution in [0.2, 0.25) is 0 Å². The Morgan fingerprint density at radius 1 is 1.14 bits per heavy atom. The number of amides is 1. The van der Waals surface area contributed by atoms with Crippen molar-refractivity contribution >= 4 is 16.7 Å². The number of likely N-dealkylation sites (tertiary alicyclic amines) is 1. The van der Waals surface area contributed by atoms with E-state index in [1.807, 2.05) is 35.2 Å². The molecule has 3 rings (SSSR count). The number of hydrogen-bond donors (Lipinski definition) is 1. The Hall–Kier alpha value is -2.03. The Kier molecular flexibility index (Phi) is 3.58. The van der Waals surface area contributed by atoms with Crippen molar-refractivity contribution in [3.8, 4) is 5.75 Å². The summed E-state index contributed by atoms with van der Waals surface area (Å²) in [6.07, 6.45) is 2.19. The first-order valence-corrected chi connectivity index (χ1v) is 7.59. The lowest BCUT2D eigenvalue weighted by Crippen LogP contribution is -2.44. The van der Waals surface area contributed by atoms with E-state index in [0.29, 0.717) is 11.5 Å². The molecule has 0 saturated carbocycles. The number of rotatable bonds is 1. The number of piperidine rings is 1. The Morgan fingerprint density at radius 3 is 2.71 bits per heavy atom. The molecule has 0 aliphatic carbocycles. The lowest BCUT2D eigenvalue weighted by Gasteiger charge is -2.37. The molecule has 1 saturated heterocycles. The maximum Gasteiger partial charge on any atom is 0.257 e. The number of carbonyl (C=O) groups excluding carboxylic acids is 1. The molecule has 0 spiro atoms. The zero-order valence-corrected chi connectivity index (χ0v) is 12.5. The number of hydrogen-bond acceptors (Lipinski definition) is 2. The maximum atomic E-state index is 12.8. The molecule has 2 unspecified atom stereocenters. The third-order valence-corrected chi connectivity index (χ3v) is 4.51. The highest BCUT2D eigenvalue weighted by Crippen LogP contribution is 2.31. The van der Waals surface area contributed by atoms with Gasteiger partial charge in [0.25, 0.3) is 5.91 Å². The summed E-state index contributed by atoms with van der Waals surface area (Å²) in [6.45, 7) is 5.03. The summed E-state index contributed by atoms with van der Waals surface area (Å²) in [4.78, 5) is 14.7. The number of phenolic OH excluding ortho intramolecular Hbond substituents is 1. The zero-order chi connectivity index (χ0) is 15.0. The first kappa shape index (κ1) is 13.9. The van der Waals surface area contributed by atoms with Crippen LogP contribution < -0.4 is 0 Å². The van der Waals surface area contributed by atoms with Gasteiger partial charge in [-0.1, -0.05) is 37.3 Å². The molecule has 1 aliphatic rings. The number of aromatic hydroxyl groups is 1. The maximum absolute atomic E-state index is 12.8. The second kappa shape index (κ2) is 5.40. The predicted octanol–water partition coefficient (Wildman–Crippen LogP) is 3.81. The summed E-state index contributed by atoms with van der Waals surface area (Å²) in [5.74, 6) is 0.563. The third kappa shape index (κ3) is 2.48. The second-order valence-electron chi connectivity index (χ2n) is 6.17. The van der Waals surface area contributed by atoms with Crippen molar-refractivity contribution in [1.29, 1.82) is 0 Å². The number of nitrogens with zero attached hydrogens (tertiary/aromatic N) is 1. The number of benzene rings is 2. The lowest BCUT2D eigenvalue weighted by molar-refractivity contribution is 0.0571. The second-order valence-corrected chi connectivity index (χ2v) is 6.17. The quantitative estimate of drug-likeness (QED) is 0.864. The van der Waals surface area contributed by atoms with Gasteiger partial charge in [-0.2, -0.15) is 0 Å². The fourth-order valence-electron chi connectivity index (χ4n) is 3.15. The van der Waals surface area contributed by atoms with E-state index in [0.717, 1.165) is 30.2 Å². The van der Waals surface area contributed by atoms with Crippen LogP contribution in [0.15, 0.2) is 36.4 Å². The average Bonchev–Trinajstić information content (AvgIpc) is 2.50. The summed E-state index contributed by atoms with van der Waals surface area (Å²) in [5.41, 5.74) is 0.412. The molecular formula is C18H21NO2. The van der Waals surface area contributed by atoms with E-state index in [-0.39, 0.29) is 17.7 Å². The van der Waals surface area contributed by atoms with E-state index in [9.17, 15) is 9.90 Å². The first-order valence-electron chi connectivity index (χ1n) is 7.59. The van der Waals surface area contributed by atoms with Gasteiger partial charge in [-0.25, -0.2) is 0 Å². The van der Waals surface area contributed by atoms with E-state index in [1.165, 1.54) is 0 Å². The fraction of sp³-hybridized carbons (Fsp3) is 0.389. The third-order valence-electron chi connectivity index (χ3n) is 4.51. The van der Waals surface area contributed by atoms with Gasteiger partial charge in [0.1, 0.15) is 5.75 Å². The van der Waals surface area contributed by atoms with Crippen molar-refractivity contribution < 1.29 is 9.90 Å². The topological polar surface area (TPSA) is 40.5 Å². The summed E-state index contributed by atoms with van der Waals surface area (Å²) < 4.78 is 0. The van der Waals surface area contributed by atoms with E-state index in [2.05, 4.69) is 13.8 Å². The van der Waals surface area contributed by atoms with E-state index in [1.54, 1.807) is 6.07 Å². The van der Waals surface area contributed by atoms with E-state index < -0.39 is 0 Å². The largest absolute Gasteiger partial charge is 0.506 e. The summed E-state index contributed by atoms with van der Waals surface area (Å²) in [6, 6.07) is 11.5. The summed E-state index contributed by atoms with van der Waals surface area (Å²) in [7, 11) is 0. The minimum atomic E-state index is -0.0581. The lowest BCUT2D eigenvalue weighted by atomic mass is 9.94. The van der Waals surface area contributed by atoms with Gasteiger partial charge in [0.15, 0.2) is 0 Å². The van der Waals surface area contributed by atoms with Crippen molar-refractivity contribution in [1.82, 2.24) is 4.90 Å². The van der Waals surface area contributed by atoms with Crippen molar-refractivity contribution in [3.05, 3.63) is 42.0 Å². The smallest absolute Gasteiger partial charge is 0.257 e. The van der Waals surface area contributed by atoms with Gasteiger partial charge in [-0.05, 0) is 37.1 Å². The molecule has 1 fully saturated rings. The molecule has 0 bridgehead atoms. The molecule has 3 heteroatoms. The monoisotopic (exact) mass is 283 g/mol. The molecule has 1 amide bonds. The minimum absolute atomic E-state index is 0.0581. The minimum Gasteiger partial charge on any atom is -0.506 e. The molecule has 1 N–H and O–H groups in total. The van der Waals surface area contributed by atoms with Gasteiger partial charge >= 0.3 is 0 Å². The molecular weight excluding hydrogens is 262 g/mol. The van der Waals surface area contributed by atoms with Crippen molar-refractivity contribution in [2.45, 2.75) is 32.7 Å². The SMILES string of the molecule is CC1CCC(C)N(C(=O)c2ccc3ccccc3c2O)C1. The Balaban J connectivity index is 1.99. The Morgan fingerprint density at radius 2 is 1.90 bits per heavy atom. The normalized spacial score (nSPS) is 22.5. The molecule has 2 aromatic carbocycles. The summed E-state index contributed by atoms with van der Waals surface area (Å²) >= 11 is 0. The van der Waals surface area contributed by atoms with Crippen molar-refractivity contribution in [3.63, 3.8) is 0 Å². The van der Waals surface area contributed by atoms with Crippen LogP contribution in [-0.2, 0) is 0 Å².